The molecule has 2 aliphatic heterocycles. The third-order valence-corrected chi connectivity index (χ3v) is 10.5. The average molecular weight is 667 g/mol. The second-order valence-corrected chi connectivity index (χ2v) is 13.2. The lowest BCUT2D eigenvalue weighted by Crippen LogP contribution is -2.36. The minimum Gasteiger partial charge on any atom is -0.457 e. The maximum absolute atomic E-state index is 9.33. The highest BCUT2D eigenvalue weighted by Gasteiger charge is 2.51. The average Bonchev–Trinajstić information content (AvgIpc) is 3.52. The number of rotatable bonds is 4. The van der Waals surface area contributed by atoms with E-state index in [9.17, 15) is 5.26 Å². The summed E-state index contributed by atoms with van der Waals surface area (Å²) in [5.74, 6) is 3.24. The fourth-order valence-electron chi connectivity index (χ4n) is 8.21. The minimum absolute atomic E-state index is 0.520. The van der Waals surface area contributed by atoms with Gasteiger partial charge in [0.05, 0.1) is 17.0 Å². The summed E-state index contributed by atoms with van der Waals surface area (Å²) in [6.07, 6.45) is -0.520. The molecule has 3 aliphatic rings. The van der Waals surface area contributed by atoms with Crippen molar-refractivity contribution in [2.75, 3.05) is 0 Å². The lowest BCUT2D eigenvalue weighted by atomic mass is 9.66. The van der Waals surface area contributed by atoms with Crippen LogP contribution in [0.3, 0.4) is 0 Å². The fraction of sp³-hybridized carbons (Fsp3) is 0.0426. The van der Waals surface area contributed by atoms with E-state index in [1.54, 1.807) is 0 Å². The van der Waals surface area contributed by atoms with Gasteiger partial charge in [-0.05, 0) is 63.7 Å². The molecule has 244 valence electrons. The largest absolute Gasteiger partial charge is 0.457 e. The Hall–Kier alpha value is -7.03. The van der Waals surface area contributed by atoms with E-state index in [4.69, 9.17) is 14.7 Å². The SMILES string of the molecule is N#Cc1ccc(-c2cccc(C3=NC(c4cccc5c4-c4ccccc4C54c5ccccc5Oc5ccccc54)N=C(c4ccccc4)N3)c2)cc1. The Morgan fingerprint density at radius 3 is 1.83 bits per heavy atom. The van der Waals surface area contributed by atoms with E-state index < -0.39 is 11.6 Å². The van der Waals surface area contributed by atoms with E-state index in [0.717, 1.165) is 67.7 Å². The number of nitrogens with zero attached hydrogens (tertiary/aromatic N) is 3. The first-order chi connectivity index (χ1) is 25.7. The molecule has 5 nitrogen and oxygen atoms in total. The molecule has 1 aliphatic carbocycles. The van der Waals surface area contributed by atoms with Crippen LogP contribution in [0.1, 0.15) is 50.7 Å². The molecular weight excluding hydrogens is 637 g/mol. The first-order valence-corrected chi connectivity index (χ1v) is 17.4. The van der Waals surface area contributed by atoms with Crippen molar-refractivity contribution in [2.24, 2.45) is 9.98 Å². The Balaban J connectivity index is 1.19. The minimum atomic E-state index is -0.575. The van der Waals surface area contributed by atoms with E-state index in [0.29, 0.717) is 5.56 Å². The summed E-state index contributed by atoms with van der Waals surface area (Å²) in [6.45, 7) is 0. The molecule has 0 bridgehead atoms. The maximum atomic E-state index is 9.33. The summed E-state index contributed by atoms with van der Waals surface area (Å²) >= 11 is 0. The van der Waals surface area contributed by atoms with Gasteiger partial charge < -0.3 is 10.1 Å². The summed E-state index contributed by atoms with van der Waals surface area (Å²) in [6, 6.07) is 60.7. The monoisotopic (exact) mass is 666 g/mol. The maximum Gasteiger partial charge on any atom is 0.170 e. The van der Waals surface area contributed by atoms with Gasteiger partial charge in [0, 0.05) is 27.8 Å². The topological polar surface area (TPSA) is 69.8 Å². The predicted molar refractivity (Wildman–Crippen MR) is 206 cm³/mol. The summed E-state index contributed by atoms with van der Waals surface area (Å²) in [5.41, 5.74) is 12.1. The molecule has 1 atom stereocenters. The van der Waals surface area contributed by atoms with Gasteiger partial charge in [-0.15, -0.1) is 0 Å². The molecule has 7 aromatic carbocycles. The Morgan fingerprint density at radius 2 is 1.10 bits per heavy atom. The number of para-hydroxylation sites is 2. The molecule has 5 heteroatoms. The molecule has 0 amide bonds. The Kier molecular flexibility index (Phi) is 6.77. The molecule has 0 fully saturated rings. The number of hydrogen-bond donors (Lipinski definition) is 1. The van der Waals surface area contributed by atoms with Crippen molar-refractivity contribution in [1.82, 2.24) is 5.32 Å². The zero-order chi connectivity index (χ0) is 34.6. The molecule has 1 N–H and O–H groups in total. The summed E-state index contributed by atoms with van der Waals surface area (Å²) < 4.78 is 6.55. The van der Waals surface area contributed by atoms with Crippen molar-refractivity contribution in [3.8, 4) is 39.8 Å². The van der Waals surface area contributed by atoms with Gasteiger partial charge in [0.25, 0.3) is 0 Å². The highest BCUT2D eigenvalue weighted by Crippen LogP contribution is 2.63. The van der Waals surface area contributed by atoms with Crippen molar-refractivity contribution in [3.63, 3.8) is 0 Å². The first-order valence-electron chi connectivity index (χ1n) is 17.4. The van der Waals surface area contributed by atoms with Crippen LogP contribution >= 0.6 is 0 Å². The molecule has 7 aromatic rings. The van der Waals surface area contributed by atoms with Gasteiger partial charge in [-0.2, -0.15) is 5.26 Å². The van der Waals surface area contributed by atoms with E-state index in [1.807, 2.05) is 54.6 Å². The zero-order valence-electron chi connectivity index (χ0n) is 28.0. The van der Waals surface area contributed by atoms with Gasteiger partial charge in [-0.1, -0.05) is 140 Å². The van der Waals surface area contributed by atoms with Crippen molar-refractivity contribution in [2.45, 2.75) is 11.6 Å². The summed E-state index contributed by atoms with van der Waals surface area (Å²) in [4.78, 5) is 10.7. The molecule has 0 saturated carbocycles. The standard InChI is InChI=1S/C47H30N4O/c48-29-30-24-26-31(27-25-30)33-14-10-15-34(28-33)45-49-44(32-12-2-1-3-13-32)50-46(51-45)36-17-11-21-40-43(36)35-16-4-5-18-37(35)47(40)38-19-6-8-22-41(38)52-42-23-9-7-20-39(42)47/h1-28,46H,(H,49,50,51). The molecule has 0 radical (unpaired) electrons. The van der Waals surface area contributed by atoms with E-state index >= 15 is 0 Å². The molecule has 52 heavy (non-hydrogen) atoms. The Morgan fingerprint density at radius 1 is 0.519 bits per heavy atom. The second-order valence-electron chi connectivity index (χ2n) is 13.2. The van der Waals surface area contributed by atoms with E-state index in [2.05, 4.69) is 127 Å². The van der Waals surface area contributed by atoms with Crippen molar-refractivity contribution in [1.29, 1.82) is 5.26 Å². The molecule has 1 spiro atoms. The van der Waals surface area contributed by atoms with Gasteiger partial charge in [0.15, 0.2) is 6.17 Å². The van der Waals surface area contributed by atoms with Gasteiger partial charge >= 0.3 is 0 Å². The number of aliphatic imine (C=N–C) groups is 2. The number of nitrogens with one attached hydrogen (secondary N) is 1. The zero-order valence-corrected chi connectivity index (χ0v) is 28.0. The number of fused-ring (bicyclic) bond motifs is 9. The lowest BCUT2D eigenvalue weighted by Gasteiger charge is -2.39. The quantitative estimate of drug-likeness (QED) is 0.203. The van der Waals surface area contributed by atoms with Gasteiger partial charge in [0.2, 0.25) is 0 Å². The van der Waals surface area contributed by atoms with Crippen LogP contribution in [0.4, 0.5) is 0 Å². The van der Waals surface area contributed by atoms with Crippen molar-refractivity contribution < 1.29 is 4.74 Å². The number of benzene rings is 7. The fourth-order valence-corrected chi connectivity index (χ4v) is 8.21. The van der Waals surface area contributed by atoms with Crippen LogP contribution in [0.25, 0.3) is 22.3 Å². The molecule has 2 heterocycles. The smallest absolute Gasteiger partial charge is 0.170 e. The highest BCUT2D eigenvalue weighted by atomic mass is 16.5. The van der Waals surface area contributed by atoms with Crippen LogP contribution < -0.4 is 10.1 Å². The van der Waals surface area contributed by atoms with Crippen molar-refractivity contribution in [3.05, 3.63) is 214 Å². The molecule has 0 saturated heterocycles. The van der Waals surface area contributed by atoms with Gasteiger partial charge in [0.1, 0.15) is 23.2 Å². The van der Waals surface area contributed by atoms with Crippen LogP contribution in [-0.4, -0.2) is 11.7 Å². The predicted octanol–water partition coefficient (Wildman–Crippen LogP) is 10.2. The molecule has 1 unspecified atom stereocenters. The van der Waals surface area contributed by atoms with Crippen LogP contribution in [0.5, 0.6) is 11.5 Å². The highest BCUT2D eigenvalue weighted by molar-refractivity contribution is 6.16. The van der Waals surface area contributed by atoms with Gasteiger partial charge in [-0.25, -0.2) is 9.98 Å². The van der Waals surface area contributed by atoms with Crippen molar-refractivity contribution >= 4 is 11.7 Å². The number of hydrogen-bond acceptors (Lipinski definition) is 5. The molecule has 10 rings (SSSR count). The third kappa shape index (κ3) is 4.48. The second kappa shape index (κ2) is 11.8. The molecular formula is C47H30N4O. The summed E-state index contributed by atoms with van der Waals surface area (Å²) in [7, 11) is 0. The number of nitriles is 1. The van der Waals surface area contributed by atoms with Crippen LogP contribution in [0.15, 0.2) is 180 Å². The molecule has 0 aromatic heterocycles. The first kappa shape index (κ1) is 29.8. The van der Waals surface area contributed by atoms with Crippen LogP contribution in [-0.2, 0) is 5.41 Å². The van der Waals surface area contributed by atoms with Crippen LogP contribution in [0, 0.1) is 11.3 Å². The normalized spacial score (nSPS) is 15.8. The Labute approximate surface area is 301 Å². The number of ether oxygens (including phenoxy) is 1. The lowest BCUT2D eigenvalue weighted by molar-refractivity contribution is 0.436. The third-order valence-electron chi connectivity index (χ3n) is 10.5. The van der Waals surface area contributed by atoms with E-state index in [1.165, 1.54) is 16.7 Å². The summed E-state index contributed by atoms with van der Waals surface area (Å²) in [5, 5.41) is 12.9. The van der Waals surface area contributed by atoms with Gasteiger partial charge in [-0.3, -0.25) is 0 Å². The van der Waals surface area contributed by atoms with Crippen LogP contribution in [0.2, 0.25) is 0 Å². The number of amidine groups is 2. The van der Waals surface area contributed by atoms with E-state index in [-0.39, 0.29) is 0 Å². The Bertz CT molecular complexity index is 2610.